The van der Waals surface area contributed by atoms with Crippen molar-refractivity contribution >= 4 is 23.6 Å². The van der Waals surface area contributed by atoms with Gasteiger partial charge in [0.1, 0.15) is 17.9 Å². The Morgan fingerprint density at radius 1 is 1.00 bits per heavy atom. The predicted octanol–water partition coefficient (Wildman–Crippen LogP) is 4.27. The number of amides is 1. The summed E-state index contributed by atoms with van der Waals surface area (Å²) in [6.45, 7) is 11.2. The van der Waals surface area contributed by atoms with E-state index in [-0.39, 0.29) is 46.6 Å². The van der Waals surface area contributed by atoms with Crippen LogP contribution in [0.5, 0.6) is 0 Å². The standard InChI is InChI=1S/C33H57N5O4/c1-19(2)17-27(34)29(40)38-28(7-6-16-37-31(35)36)30(41)42-22-12-14-32(4)21(18-22)8-9-23-25-11-10-24(20(3)39)33(25,5)15-13-26(23)32/h19,21-28H,6-18,34H2,1-5H3,(H,38,40)(H4,35,36,37)/t21-,22+,23-,24+,25-,26-,27-,28-,32-,33+/m0/s1. The molecule has 1 amide bonds. The first kappa shape index (κ1) is 32.7. The molecular formula is C33H57N5O4. The SMILES string of the molecule is CC(=O)[C@H]1CC[C@H]2[C@@H]3CC[C@H]4C[C@H](OC(=O)[C@H](CCCNC(=N)N)NC(=O)[C@@H](N)CC(C)C)CC[C@]4(C)[C@H]3CC[C@]12C. The molecule has 10 atom stereocenters. The van der Waals surface area contributed by atoms with E-state index < -0.39 is 12.1 Å². The van der Waals surface area contributed by atoms with Crippen molar-refractivity contribution in [2.24, 2.45) is 57.8 Å². The van der Waals surface area contributed by atoms with Crippen molar-refractivity contribution in [1.82, 2.24) is 10.6 Å². The van der Waals surface area contributed by atoms with Crippen LogP contribution in [0.25, 0.3) is 0 Å². The predicted molar refractivity (Wildman–Crippen MR) is 164 cm³/mol. The maximum Gasteiger partial charge on any atom is 0.328 e. The summed E-state index contributed by atoms with van der Waals surface area (Å²) in [5.41, 5.74) is 11.9. The maximum atomic E-state index is 13.4. The first-order chi connectivity index (χ1) is 19.8. The molecule has 7 N–H and O–H groups in total. The van der Waals surface area contributed by atoms with E-state index in [2.05, 4.69) is 24.5 Å². The Labute approximate surface area is 252 Å². The van der Waals surface area contributed by atoms with Gasteiger partial charge in [0.05, 0.1) is 6.04 Å². The minimum absolute atomic E-state index is 0.119. The lowest BCUT2D eigenvalue weighted by molar-refractivity contribution is -0.166. The van der Waals surface area contributed by atoms with E-state index in [1.165, 1.54) is 19.3 Å². The molecule has 0 unspecified atom stereocenters. The minimum Gasteiger partial charge on any atom is -0.461 e. The molecule has 4 aliphatic carbocycles. The molecule has 0 aromatic rings. The Morgan fingerprint density at radius 2 is 1.69 bits per heavy atom. The van der Waals surface area contributed by atoms with Crippen LogP contribution in [0.15, 0.2) is 0 Å². The van der Waals surface area contributed by atoms with Crippen LogP contribution >= 0.6 is 0 Å². The number of ketones is 1. The number of esters is 1. The number of hydrogen-bond acceptors (Lipinski definition) is 6. The van der Waals surface area contributed by atoms with E-state index in [0.717, 1.165) is 38.5 Å². The number of carbonyl (C=O) groups excluding carboxylic acids is 3. The second-order valence-corrected chi connectivity index (χ2v) is 15.1. The molecule has 0 aromatic carbocycles. The highest BCUT2D eigenvalue weighted by atomic mass is 16.5. The molecule has 0 radical (unpaired) electrons. The van der Waals surface area contributed by atoms with Gasteiger partial charge in [0.15, 0.2) is 5.96 Å². The Bertz CT molecular complexity index is 1020. The zero-order chi connectivity index (χ0) is 30.8. The van der Waals surface area contributed by atoms with Gasteiger partial charge in [-0.3, -0.25) is 15.0 Å². The highest BCUT2D eigenvalue weighted by Crippen LogP contribution is 2.67. The zero-order valence-electron chi connectivity index (χ0n) is 26.7. The van der Waals surface area contributed by atoms with Crippen molar-refractivity contribution in [3.63, 3.8) is 0 Å². The Morgan fingerprint density at radius 3 is 2.36 bits per heavy atom. The second-order valence-electron chi connectivity index (χ2n) is 15.1. The van der Waals surface area contributed by atoms with Crippen molar-refractivity contribution in [2.45, 2.75) is 130 Å². The molecule has 0 aliphatic heterocycles. The molecule has 0 heterocycles. The number of hydrogen-bond donors (Lipinski definition) is 5. The van der Waals surface area contributed by atoms with Crippen molar-refractivity contribution in [2.75, 3.05) is 6.54 Å². The molecule has 0 aromatic heterocycles. The Kier molecular flexibility index (Phi) is 10.3. The van der Waals surface area contributed by atoms with Crippen LogP contribution in [-0.4, -0.2) is 48.4 Å². The van der Waals surface area contributed by atoms with Gasteiger partial charge in [-0.25, -0.2) is 4.79 Å². The topological polar surface area (TPSA) is 160 Å². The van der Waals surface area contributed by atoms with Crippen LogP contribution < -0.4 is 22.1 Å². The molecule has 4 saturated carbocycles. The number of rotatable bonds is 11. The third-order valence-electron chi connectivity index (χ3n) is 12.0. The number of ether oxygens (including phenoxy) is 1. The molecule has 4 fully saturated rings. The van der Waals surface area contributed by atoms with Crippen LogP contribution in [0.2, 0.25) is 0 Å². The normalized spacial score (nSPS) is 37.0. The van der Waals surface area contributed by atoms with Crippen molar-refractivity contribution < 1.29 is 19.1 Å². The smallest absolute Gasteiger partial charge is 0.328 e. The first-order valence-electron chi connectivity index (χ1n) is 16.6. The quantitative estimate of drug-likeness (QED) is 0.104. The Hall–Kier alpha value is -2.16. The molecule has 4 aliphatic rings. The van der Waals surface area contributed by atoms with E-state index in [1.54, 1.807) is 6.92 Å². The van der Waals surface area contributed by atoms with Gasteiger partial charge in [-0.15, -0.1) is 0 Å². The first-order valence-corrected chi connectivity index (χ1v) is 16.6. The average Bonchev–Trinajstić information content (AvgIpc) is 3.27. The van der Waals surface area contributed by atoms with Gasteiger partial charge in [-0.05, 0) is 124 Å². The van der Waals surface area contributed by atoms with Crippen LogP contribution in [-0.2, 0) is 19.1 Å². The molecule has 238 valence electrons. The minimum atomic E-state index is -0.777. The van der Waals surface area contributed by atoms with E-state index in [9.17, 15) is 14.4 Å². The second kappa shape index (κ2) is 13.2. The average molecular weight is 588 g/mol. The summed E-state index contributed by atoms with van der Waals surface area (Å²) in [5.74, 6) is 2.60. The molecule has 42 heavy (non-hydrogen) atoms. The third-order valence-corrected chi connectivity index (χ3v) is 12.0. The largest absolute Gasteiger partial charge is 0.461 e. The summed E-state index contributed by atoms with van der Waals surface area (Å²) >= 11 is 0. The van der Waals surface area contributed by atoms with Gasteiger partial charge in [0.25, 0.3) is 0 Å². The van der Waals surface area contributed by atoms with Gasteiger partial charge < -0.3 is 26.8 Å². The lowest BCUT2D eigenvalue weighted by atomic mass is 9.44. The van der Waals surface area contributed by atoms with Crippen molar-refractivity contribution in [3.05, 3.63) is 0 Å². The van der Waals surface area contributed by atoms with Crippen LogP contribution in [0.1, 0.15) is 112 Å². The Balaban J connectivity index is 1.38. The van der Waals surface area contributed by atoms with Crippen molar-refractivity contribution in [1.29, 1.82) is 5.41 Å². The monoisotopic (exact) mass is 587 g/mol. The summed E-state index contributed by atoms with van der Waals surface area (Å²) in [6.07, 6.45) is 11.1. The summed E-state index contributed by atoms with van der Waals surface area (Å²) < 4.78 is 6.13. The van der Waals surface area contributed by atoms with E-state index in [1.807, 2.05) is 13.8 Å². The van der Waals surface area contributed by atoms with E-state index >= 15 is 0 Å². The number of nitrogens with one attached hydrogen (secondary N) is 3. The molecule has 0 bridgehead atoms. The number of guanidine groups is 1. The number of fused-ring (bicyclic) bond motifs is 5. The van der Waals surface area contributed by atoms with Gasteiger partial charge in [0, 0.05) is 12.5 Å². The molecule has 0 saturated heterocycles. The zero-order valence-corrected chi connectivity index (χ0v) is 26.7. The van der Waals surface area contributed by atoms with Gasteiger partial charge in [0.2, 0.25) is 5.91 Å². The number of carbonyl (C=O) groups is 3. The molecule has 9 heteroatoms. The maximum absolute atomic E-state index is 13.4. The molecular weight excluding hydrogens is 530 g/mol. The van der Waals surface area contributed by atoms with Gasteiger partial charge in [-0.2, -0.15) is 0 Å². The van der Waals surface area contributed by atoms with Gasteiger partial charge >= 0.3 is 5.97 Å². The van der Waals surface area contributed by atoms with E-state index in [4.69, 9.17) is 21.6 Å². The summed E-state index contributed by atoms with van der Waals surface area (Å²) in [4.78, 5) is 38.7. The molecule has 9 nitrogen and oxygen atoms in total. The summed E-state index contributed by atoms with van der Waals surface area (Å²) in [7, 11) is 0. The molecule has 4 rings (SSSR count). The third kappa shape index (κ3) is 6.81. The fourth-order valence-corrected chi connectivity index (χ4v) is 9.91. The highest BCUT2D eigenvalue weighted by Gasteiger charge is 2.61. The van der Waals surface area contributed by atoms with Gasteiger partial charge in [-0.1, -0.05) is 27.7 Å². The van der Waals surface area contributed by atoms with Crippen LogP contribution in [0, 0.1) is 51.7 Å². The fraction of sp³-hybridized carbons (Fsp3) is 0.879. The van der Waals surface area contributed by atoms with Crippen LogP contribution in [0.4, 0.5) is 0 Å². The fourth-order valence-electron chi connectivity index (χ4n) is 9.91. The summed E-state index contributed by atoms with van der Waals surface area (Å²) in [5, 5.41) is 13.0. The van der Waals surface area contributed by atoms with E-state index in [0.29, 0.717) is 55.3 Å². The summed E-state index contributed by atoms with van der Waals surface area (Å²) in [6, 6.07) is -1.45. The van der Waals surface area contributed by atoms with Crippen molar-refractivity contribution in [3.8, 4) is 0 Å². The number of nitrogens with two attached hydrogens (primary N) is 2. The highest BCUT2D eigenvalue weighted by molar-refractivity contribution is 5.87. The lowest BCUT2D eigenvalue weighted by Gasteiger charge is -2.61. The lowest BCUT2D eigenvalue weighted by Crippen LogP contribution is -2.55. The number of Topliss-reactive ketones (excluding diaryl/α,β-unsaturated/α-hetero) is 1. The van der Waals surface area contributed by atoms with Crippen LogP contribution in [0.3, 0.4) is 0 Å². The molecule has 0 spiro atoms.